The number of rotatable bonds is 6. The van der Waals surface area contributed by atoms with Crippen molar-refractivity contribution in [3.63, 3.8) is 0 Å². The van der Waals surface area contributed by atoms with Crippen molar-refractivity contribution >= 4 is 17.5 Å². The number of hydrogen-bond acceptors (Lipinski definition) is 3. The van der Waals surface area contributed by atoms with Gasteiger partial charge in [0.2, 0.25) is 11.8 Å². The average molecular weight is 348 g/mol. The van der Waals surface area contributed by atoms with Crippen LogP contribution in [0.4, 0.5) is 10.1 Å². The van der Waals surface area contributed by atoms with Gasteiger partial charge in [0.05, 0.1) is 12.0 Å². The van der Waals surface area contributed by atoms with E-state index in [9.17, 15) is 14.0 Å². The number of hydrogen-bond donors (Lipinski definition) is 2. The summed E-state index contributed by atoms with van der Waals surface area (Å²) in [5.41, 5.74) is 1.05. The highest BCUT2D eigenvalue weighted by atomic mass is 19.1. The topological polar surface area (TPSA) is 67.4 Å². The molecule has 2 amide bonds. The Morgan fingerprint density at radius 1 is 1.28 bits per heavy atom. The number of carbonyl (C=O) groups is 2. The molecule has 5 nitrogen and oxygen atoms in total. The molecular formula is C19H25FN2O3. The molecule has 1 aliphatic heterocycles. The predicted octanol–water partition coefficient (Wildman–Crippen LogP) is 3.11. The highest BCUT2D eigenvalue weighted by Crippen LogP contribution is 2.32. The molecular weight excluding hydrogens is 323 g/mol. The van der Waals surface area contributed by atoms with Crippen molar-refractivity contribution in [1.29, 1.82) is 0 Å². The summed E-state index contributed by atoms with van der Waals surface area (Å²) >= 11 is 0. The molecule has 136 valence electrons. The Morgan fingerprint density at radius 3 is 2.88 bits per heavy atom. The summed E-state index contributed by atoms with van der Waals surface area (Å²) in [6, 6.07) is 4.14. The lowest BCUT2D eigenvalue weighted by molar-refractivity contribution is -0.126. The highest BCUT2D eigenvalue weighted by Gasteiger charge is 2.30. The normalized spacial score (nSPS) is 20.7. The zero-order valence-electron chi connectivity index (χ0n) is 14.4. The highest BCUT2D eigenvalue weighted by molar-refractivity contribution is 6.01. The summed E-state index contributed by atoms with van der Waals surface area (Å²) < 4.78 is 19.2. The number of ether oxygens (including phenoxy) is 1. The summed E-state index contributed by atoms with van der Waals surface area (Å²) in [4.78, 5) is 24.2. The number of nitrogens with one attached hydrogen (secondary N) is 2. The molecule has 1 atom stereocenters. The lowest BCUT2D eigenvalue weighted by Gasteiger charge is -2.25. The molecule has 1 fully saturated rings. The maximum Gasteiger partial charge on any atom is 0.228 e. The van der Waals surface area contributed by atoms with Gasteiger partial charge in [0.1, 0.15) is 5.82 Å². The van der Waals surface area contributed by atoms with Crippen molar-refractivity contribution in [2.24, 2.45) is 0 Å². The predicted molar refractivity (Wildman–Crippen MR) is 92.8 cm³/mol. The number of fused-ring (bicyclic) bond motifs is 1. The molecule has 0 bridgehead atoms. The number of anilines is 1. The van der Waals surface area contributed by atoms with E-state index in [1.807, 2.05) is 0 Å². The Balaban J connectivity index is 1.46. The summed E-state index contributed by atoms with van der Waals surface area (Å²) in [5, 5.41) is 5.49. The first-order valence-corrected chi connectivity index (χ1v) is 9.12. The van der Waals surface area contributed by atoms with Gasteiger partial charge in [0, 0.05) is 25.3 Å². The minimum Gasteiger partial charge on any atom is -0.378 e. The van der Waals surface area contributed by atoms with Crippen molar-refractivity contribution in [3.8, 4) is 0 Å². The van der Waals surface area contributed by atoms with Gasteiger partial charge in [-0.05, 0) is 37.0 Å². The van der Waals surface area contributed by atoms with E-state index < -0.39 is 11.7 Å². The second kappa shape index (κ2) is 8.43. The Hall–Kier alpha value is -1.95. The number of halogens is 1. The zero-order chi connectivity index (χ0) is 17.6. The van der Waals surface area contributed by atoms with E-state index in [0.29, 0.717) is 30.5 Å². The zero-order valence-corrected chi connectivity index (χ0v) is 14.4. The fraction of sp³-hybridized carbons (Fsp3) is 0.579. The van der Waals surface area contributed by atoms with Crippen LogP contribution in [0.2, 0.25) is 0 Å². The van der Waals surface area contributed by atoms with Gasteiger partial charge in [-0.2, -0.15) is 0 Å². The standard InChI is InChI=1S/C19H25FN2O3/c20-13-7-8-15-16(12-18(23)22-17(15)11-13)19(24)21-9-4-10-25-14-5-2-1-3-6-14/h7-8,11,14,16H,1-6,9-10,12H2,(H,21,24)(H,22,23)/t16-/m0/s1. The van der Waals surface area contributed by atoms with Gasteiger partial charge in [-0.25, -0.2) is 4.39 Å². The van der Waals surface area contributed by atoms with Crippen molar-refractivity contribution in [3.05, 3.63) is 29.6 Å². The quantitative estimate of drug-likeness (QED) is 0.776. The lowest BCUT2D eigenvalue weighted by atomic mass is 9.89. The molecule has 2 aliphatic rings. The fourth-order valence-electron chi connectivity index (χ4n) is 3.56. The summed E-state index contributed by atoms with van der Waals surface area (Å²) in [7, 11) is 0. The molecule has 0 aromatic heterocycles. The number of carbonyl (C=O) groups excluding carboxylic acids is 2. The molecule has 1 aliphatic carbocycles. The number of amides is 2. The van der Waals surface area contributed by atoms with E-state index >= 15 is 0 Å². The second-order valence-electron chi connectivity index (χ2n) is 6.81. The molecule has 0 radical (unpaired) electrons. The van der Waals surface area contributed by atoms with Gasteiger partial charge in [0.25, 0.3) is 0 Å². The molecule has 1 saturated carbocycles. The first-order chi connectivity index (χ1) is 12.1. The van der Waals surface area contributed by atoms with E-state index in [1.165, 1.54) is 31.4 Å². The van der Waals surface area contributed by atoms with Crippen LogP contribution in [0.5, 0.6) is 0 Å². The van der Waals surface area contributed by atoms with E-state index in [2.05, 4.69) is 10.6 Å². The third-order valence-corrected chi connectivity index (χ3v) is 4.90. The summed E-state index contributed by atoms with van der Waals surface area (Å²) in [6.07, 6.45) is 7.26. The molecule has 6 heteroatoms. The van der Waals surface area contributed by atoms with Crippen LogP contribution >= 0.6 is 0 Å². The van der Waals surface area contributed by atoms with Crippen LogP contribution in [0.1, 0.15) is 56.4 Å². The van der Waals surface area contributed by atoms with Crippen LogP contribution in [0.25, 0.3) is 0 Å². The van der Waals surface area contributed by atoms with E-state index in [1.54, 1.807) is 6.07 Å². The molecule has 0 saturated heterocycles. The van der Waals surface area contributed by atoms with Crippen molar-refractivity contribution in [2.45, 2.75) is 57.0 Å². The first-order valence-electron chi connectivity index (χ1n) is 9.12. The molecule has 1 aromatic rings. The van der Waals surface area contributed by atoms with Crippen LogP contribution in [0, 0.1) is 5.82 Å². The van der Waals surface area contributed by atoms with Crippen molar-refractivity contribution < 1.29 is 18.7 Å². The molecule has 2 N–H and O–H groups in total. The smallest absolute Gasteiger partial charge is 0.228 e. The van der Waals surface area contributed by atoms with Gasteiger partial charge >= 0.3 is 0 Å². The van der Waals surface area contributed by atoms with E-state index in [4.69, 9.17) is 4.74 Å². The fourth-order valence-corrected chi connectivity index (χ4v) is 3.56. The maximum absolute atomic E-state index is 13.3. The van der Waals surface area contributed by atoms with Gasteiger partial charge in [-0.15, -0.1) is 0 Å². The second-order valence-corrected chi connectivity index (χ2v) is 6.81. The van der Waals surface area contributed by atoms with Crippen LogP contribution in [0.15, 0.2) is 18.2 Å². The van der Waals surface area contributed by atoms with Gasteiger partial charge < -0.3 is 15.4 Å². The minimum absolute atomic E-state index is 0.0863. The third kappa shape index (κ3) is 4.78. The summed E-state index contributed by atoms with van der Waals surface area (Å²) in [6.45, 7) is 1.15. The molecule has 0 spiro atoms. The number of benzene rings is 1. The largest absolute Gasteiger partial charge is 0.378 e. The molecule has 1 heterocycles. The van der Waals surface area contributed by atoms with Gasteiger partial charge in [-0.3, -0.25) is 9.59 Å². The SMILES string of the molecule is O=C1C[C@H](C(=O)NCCCOC2CCCCC2)c2ccc(F)cc2N1. The minimum atomic E-state index is -0.566. The third-order valence-electron chi connectivity index (χ3n) is 4.90. The van der Waals surface area contributed by atoms with Crippen LogP contribution < -0.4 is 10.6 Å². The Bertz CT molecular complexity index is 629. The van der Waals surface area contributed by atoms with Gasteiger partial charge in [0.15, 0.2) is 0 Å². The van der Waals surface area contributed by atoms with Gasteiger partial charge in [-0.1, -0.05) is 25.3 Å². The molecule has 3 rings (SSSR count). The first kappa shape index (κ1) is 17.9. The molecule has 0 unspecified atom stereocenters. The lowest BCUT2D eigenvalue weighted by Crippen LogP contribution is -2.35. The Morgan fingerprint density at radius 2 is 2.08 bits per heavy atom. The van der Waals surface area contributed by atoms with Crippen LogP contribution in [0.3, 0.4) is 0 Å². The molecule has 1 aromatic carbocycles. The van der Waals surface area contributed by atoms with Crippen LogP contribution in [-0.4, -0.2) is 31.1 Å². The van der Waals surface area contributed by atoms with E-state index in [-0.39, 0.29) is 18.2 Å². The van der Waals surface area contributed by atoms with Crippen molar-refractivity contribution in [2.75, 3.05) is 18.5 Å². The Kier molecular flexibility index (Phi) is 6.02. The van der Waals surface area contributed by atoms with E-state index in [0.717, 1.165) is 19.3 Å². The molecule has 25 heavy (non-hydrogen) atoms. The Labute approximate surface area is 147 Å². The summed E-state index contributed by atoms with van der Waals surface area (Å²) in [5.74, 6) is -1.46. The van der Waals surface area contributed by atoms with Crippen molar-refractivity contribution in [1.82, 2.24) is 5.32 Å². The van der Waals surface area contributed by atoms with Crippen LogP contribution in [-0.2, 0) is 14.3 Å². The maximum atomic E-state index is 13.3. The average Bonchev–Trinajstić information content (AvgIpc) is 2.61. The monoisotopic (exact) mass is 348 g/mol.